The number of hydrogen-bond donors (Lipinski definition) is 2. The van der Waals surface area contributed by atoms with E-state index in [9.17, 15) is 14.4 Å². The molecule has 0 saturated heterocycles. The fourth-order valence-electron chi connectivity index (χ4n) is 2.49. The predicted octanol–water partition coefficient (Wildman–Crippen LogP) is 3.10. The number of urea groups is 1. The van der Waals surface area contributed by atoms with E-state index in [1.165, 1.54) is 26.4 Å². The summed E-state index contributed by atoms with van der Waals surface area (Å²) in [6, 6.07) is 10.4. The lowest BCUT2D eigenvalue weighted by molar-refractivity contribution is -0.129. The molecule has 1 atom stereocenters. The molecule has 0 heterocycles. The van der Waals surface area contributed by atoms with Gasteiger partial charge >= 0.3 is 12.0 Å². The van der Waals surface area contributed by atoms with Crippen molar-refractivity contribution in [3.8, 4) is 11.5 Å². The van der Waals surface area contributed by atoms with E-state index in [2.05, 4.69) is 10.6 Å². The zero-order valence-electron chi connectivity index (χ0n) is 16.2. The Kier molecular flexibility index (Phi) is 7.85. The van der Waals surface area contributed by atoms with E-state index in [1.54, 1.807) is 37.3 Å². The zero-order valence-corrected chi connectivity index (χ0v) is 16.9. The molecule has 0 aliphatic rings. The van der Waals surface area contributed by atoms with Crippen LogP contribution in [-0.2, 0) is 9.53 Å². The lowest BCUT2D eigenvalue weighted by Crippen LogP contribution is -2.42. The number of amides is 3. The van der Waals surface area contributed by atoms with Gasteiger partial charge in [-0.3, -0.25) is 10.1 Å². The van der Waals surface area contributed by atoms with Gasteiger partial charge in [0.15, 0.2) is 11.5 Å². The van der Waals surface area contributed by atoms with Gasteiger partial charge in [-0.1, -0.05) is 41.9 Å². The van der Waals surface area contributed by atoms with Crippen LogP contribution in [-0.4, -0.2) is 38.7 Å². The first-order valence-corrected chi connectivity index (χ1v) is 9.05. The molecule has 2 aromatic carbocycles. The standard InChI is InChI=1S/C20H21ClN2O6/c1-4-22-20(26)23-18(24)16(12-8-6-5-7-9-12)29-19(25)13-10-14(21)17(28-3)15(11-13)27-2/h5-11,16H,4H2,1-3H3,(H2,22,23,24,26)/t16-/m1/s1. The Morgan fingerprint density at radius 2 is 1.76 bits per heavy atom. The van der Waals surface area contributed by atoms with Crippen LogP contribution in [0.1, 0.15) is 28.9 Å². The number of imide groups is 1. The summed E-state index contributed by atoms with van der Waals surface area (Å²) in [6.07, 6.45) is -1.35. The molecule has 0 unspecified atom stereocenters. The number of hydrogen-bond acceptors (Lipinski definition) is 6. The van der Waals surface area contributed by atoms with Crippen LogP contribution in [0.4, 0.5) is 4.79 Å². The molecule has 2 aromatic rings. The molecule has 0 aliphatic carbocycles. The number of halogens is 1. The van der Waals surface area contributed by atoms with Crippen LogP contribution in [0.25, 0.3) is 0 Å². The predicted molar refractivity (Wildman–Crippen MR) is 106 cm³/mol. The van der Waals surface area contributed by atoms with Crippen molar-refractivity contribution in [3.05, 3.63) is 58.6 Å². The SMILES string of the molecule is CCNC(=O)NC(=O)[C@H](OC(=O)c1cc(Cl)c(OC)c(OC)c1)c1ccccc1. The van der Waals surface area contributed by atoms with Crippen molar-refractivity contribution in [2.75, 3.05) is 20.8 Å². The molecular formula is C20H21ClN2O6. The van der Waals surface area contributed by atoms with Crippen molar-refractivity contribution in [2.24, 2.45) is 0 Å². The number of carbonyl (C=O) groups excluding carboxylic acids is 3. The second-order valence-corrected chi connectivity index (χ2v) is 6.15. The summed E-state index contributed by atoms with van der Waals surface area (Å²) in [6.45, 7) is 2.04. The van der Waals surface area contributed by atoms with E-state index < -0.39 is 24.0 Å². The zero-order chi connectivity index (χ0) is 21.4. The van der Waals surface area contributed by atoms with Gasteiger partial charge in [-0.15, -0.1) is 0 Å². The normalized spacial score (nSPS) is 11.2. The summed E-state index contributed by atoms with van der Waals surface area (Å²) in [7, 11) is 2.81. The first-order valence-electron chi connectivity index (χ1n) is 8.67. The van der Waals surface area contributed by atoms with E-state index in [4.69, 9.17) is 25.8 Å². The van der Waals surface area contributed by atoms with Crippen molar-refractivity contribution in [1.29, 1.82) is 0 Å². The van der Waals surface area contributed by atoms with Gasteiger partial charge in [0.1, 0.15) is 0 Å². The lowest BCUT2D eigenvalue weighted by Gasteiger charge is -2.18. The first kappa shape index (κ1) is 22.0. The fraction of sp³-hybridized carbons (Fsp3) is 0.250. The molecular weight excluding hydrogens is 400 g/mol. The van der Waals surface area contributed by atoms with Crippen LogP contribution >= 0.6 is 11.6 Å². The highest BCUT2D eigenvalue weighted by molar-refractivity contribution is 6.32. The highest BCUT2D eigenvalue weighted by atomic mass is 35.5. The van der Waals surface area contributed by atoms with Crippen LogP contribution in [0.15, 0.2) is 42.5 Å². The third-order valence-corrected chi connectivity index (χ3v) is 4.09. The highest BCUT2D eigenvalue weighted by Gasteiger charge is 2.28. The topological polar surface area (TPSA) is 103 Å². The van der Waals surface area contributed by atoms with Gasteiger partial charge in [-0.25, -0.2) is 9.59 Å². The van der Waals surface area contributed by atoms with Gasteiger partial charge in [0.25, 0.3) is 5.91 Å². The van der Waals surface area contributed by atoms with Gasteiger partial charge in [0, 0.05) is 12.1 Å². The average molecular weight is 421 g/mol. The third kappa shape index (κ3) is 5.61. The number of carbonyl (C=O) groups is 3. The van der Waals surface area contributed by atoms with Crippen LogP contribution < -0.4 is 20.1 Å². The lowest BCUT2D eigenvalue weighted by atomic mass is 10.1. The molecule has 3 amide bonds. The van der Waals surface area contributed by atoms with Crippen LogP contribution in [0.2, 0.25) is 5.02 Å². The molecule has 0 fully saturated rings. The van der Waals surface area contributed by atoms with Crippen LogP contribution in [0.3, 0.4) is 0 Å². The second kappa shape index (κ2) is 10.3. The first-order chi connectivity index (χ1) is 13.9. The number of benzene rings is 2. The van der Waals surface area contributed by atoms with Gasteiger partial charge in [-0.2, -0.15) is 0 Å². The van der Waals surface area contributed by atoms with Gasteiger partial charge in [0.2, 0.25) is 6.10 Å². The maximum atomic E-state index is 12.7. The average Bonchev–Trinajstić information content (AvgIpc) is 2.71. The third-order valence-electron chi connectivity index (χ3n) is 3.81. The Bertz CT molecular complexity index is 888. The van der Waals surface area contributed by atoms with Gasteiger partial charge < -0.3 is 19.5 Å². The molecule has 0 aliphatic heterocycles. The maximum Gasteiger partial charge on any atom is 0.339 e. The van der Waals surface area contributed by atoms with E-state index in [0.29, 0.717) is 12.1 Å². The molecule has 0 bridgehead atoms. The van der Waals surface area contributed by atoms with E-state index in [-0.39, 0.29) is 22.1 Å². The molecule has 0 saturated carbocycles. The molecule has 2 N–H and O–H groups in total. The maximum absolute atomic E-state index is 12.7. The Morgan fingerprint density at radius 1 is 1.07 bits per heavy atom. The number of esters is 1. The Hall–Kier alpha value is -3.26. The van der Waals surface area contributed by atoms with Gasteiger partial charge in [-0.05, 0) is 19.1 Å². The molecule has 2 rings (SSSR count). The van der Waals surface area contributed by atoms with Crippen molar-refractivity contribution in [3.63, 3.8) is 0 Å². The molecule has 154 valence electrons. The molecule has 0 aromatic heterocycles. The quantitative estimate of drug-likeness (QED) is 0.667. The monoisotopic (exact) mass is 420 g/mol. The number of methoxy groups -OCH3 is 2. The largest absolute Gasteiger partial charge is 0.493 e. The summed E-state index contributed by atoms with van der Waals surface area (Å²) >= 11 is 6.13. The van der Waals surface area contributed by atoms with Crippen LogP contribution in [0, 0.1) is 0 Å². The fourth-order valence-corrected chi connectivity index (χ4v) is 2.78. The summed E-state index contributed by atoms with van der Waals surface area (Å²) in [5.41, 5.74) is 0.452. The van der Waals surface area contributed by atoms with Crippen molar-refractivity contribution >= 4 is 29.5 Å². The summed E-state index contributed by atoms with van der Waals surface area (Å²) in [4.78, 5) is 37.0. The van der Waals surface area contributed by atoms with Crippen molar-refractivity contribution in [1.82, 2.24) is 10.6 Å². The Morgan fingerprint density at radius 3 is 2.34 bits per heavy atom. The second-order valence-electron chi connectivity index (χ2n) is 5.74. The minimum Gasteiger partial charge on any atom is -0.493 e. The summed E-state index contributed by atoms with van der Waals surface area (Å²) in [5, 5.41) is 4.74. The smallest absolute Gasteiger partial charge is 0.339 e. The molecule has 29 heavy (non-hydrogen) atoms. The van der Waals surface area contributed by atoms with E-state index in [1.807, 2.05) is 0 Å². The summed E-state index contributed by atoms with van der Waals surface area (Å²) < 4.78 is 15.7. The van der Waals surface area contributed by atoms with Gasteiger partial charge in [0.05, 0.1) is 24.8 Å². The minimum atomic E-state index is -1.35. The number of nitrogens with one attached hydrogen (secondary N) is 2. The molecule has 0 spiro atoms. The molecule has 9 heteroatoms. The number of rotatable bonds is 7. The van der Waals surface area contributed by atoms with Crippen LogP contribution in [0.5, 0.6) is 11.5 Å². The number of ether oxygens (including phenoxy) is 3. The Labute approximate surface area is 173 Å². The Balaban J connectivity index is 2.31. The van der Waals surface area contributed by atoms with E-state index in [0.717, 1.165) is 0 Å². The molecule has 8 nitrogen and oxygen atoms in total. The minimum absolute atomic E-state index is 0.0550. The van der Waals surface area contributed by atoms with Crippen molar-refractivity contribution in [2.45, 2.75) is 13.0 Å². The summed E-state index contributed by atoms with van der Waals surface area (Å²) in [5.74, 6) is -1.12. The highest BCUT2D eigenvalue weighted by Crippen LogP contribution is 2.36. The van der Waals surface area contributed by atoms with E-state index >= 15 is 0 Å². The van der Waals surface area contributed by atoms with Crippen molar-refractivity contribution < 1.29 is 28.6 Å². The molecule has 0 radical (unpaired) electrons.